The first kappa shape index (κ1) is 21.6. The first-order valence-electron chi connectivity index (χ1n) is 11.4. The lowest BCUT2D eigenvalue weighted by Gasteiger charge is -2.36. The van der Waals surface area contributed by atoms with E-state index >= 15 is 0 Å². The molecule has 3 heterocycles. The second kappa shape index (κ2) is 9.35. The molecule has 0 unspecified atom stereocenters. The number of carbonyl (C=O) groups excluding carboxylic acids is 2. The molecule has 5 rings (SSSR count). The standard InChI is InChI=1S/C26H25N5O3/c1-2-34-21-11-9-20(10-12-21)31-24(32)22(19-7-4-3-5-8-19)23(25(31)33)29-15-17-30(18-16-29)26-27-13-6-14-28-26/h3-14H,2,15-18H2,1H3. The van der Waals surface area contributed by atoms with Gasteiger partial charge in [0.2, 0.25) is 5.95 Å². The van der Waals surface area contributed by atoms with Crippen LogP contribution < -0.4 is 14.5 Å². The summed E-state index contributed by atoms with van der Waals surface area (Å²) in [6, 6.07) is 18.2. The van der Waals surface area contributed by atoms with Gasteiger partial charge in [-0.3, -0.25) is 9.59 Å². The first-order valence-corrected chi connectivity index (χ1v) is 11.4. The minimum atomic E-state index is -0.316. The highest BCUT2D eigenvalue weighted by atomic mass is 16.5. The number of hydrogen-bond donors (Lipinski definition) is 0. The molecule has 8 heteroatoms. The molecule has 0 spiro atoms. The molecular weight excluding hydrogens is 430 g/mol. The van der Waals surface area contributed by atoms with Gasteiger partial charge in [0.05, 0.1) is 17.9 Å². The topological polar surface area (TPSA) is 78.9 Å². The Morgan fingerprint density at radius 1 is 0.794 bits per heavy atom. The molecule has 2 aliphatic heterocycles. The van der Waals surface area contributed by atoms with Crippen molar-refractivity contribution in [3.63, 3.8) is 0 Å². The van der Waals surface area contributed by atoms with Crippen LogP contribution in [0.4, 0.5) is 11.6 Å². The summed E-state index contributed by atoms with van der Waals surface area (Å²) in [6.45, 7) is 4.93. The minimum absolute atomic E-state index is 0.308. The smallest absolute Gasteiger partial charge is 0.282 e. The Morgan fingerprint density at radius 2 is 1.44 bits per heavy atom. The van der Waals surface area contributed by atoms with E-state index in [4.69, 9.17) is 4.74 Å². The molecule has 172 valence electrons. The fourth-order valence-electron chi connectivity index (χ4n) is 4.35. The quantitative estimate of drug-likeness (QED) is 0.529. The number of aromatic nitrogens is 2. The van der Waals surface area contributed by atoms with Crippen LogP contribution in [0, 0.1) is 0 Å². The zero-order valence-electron chi connectivity index (χ0n) is 18.9. The number of nitrogens with zero attached hydrogens (tertiary/aromatic N) is 5. The molecule has 3 aromatic rings. The minimum Gasteiger partial charge on any atom is -0.494 e. The number of rotatable bonds is 6. The van der Waals surface area contributed by atoms with E-state index in [0.29, 0.717) is 61.4 Å². The summed E-state index contributed by atoms with van der Waals surface area (Å²) in [5.41, 5.74) is 2.14. The number of imide groups is 1. The van der Waals surface area contributed by atoms with Crippen molar-refractivity contribution in [2.24, 2.45) is 0 Å². The Kier molecular flexibility index (Phi) is 5.95. The maximum atomic E-state index is 13.7. The summed E-state index contributed by atoms with van der Waals surface area (Å²) in [5.74, 6) is 0.743. The van der Waals surface area contributed by atoms with Crippen molar-refractivity contribution in [1.29, 1.82) is 0 Å². The Hall–Kier alpha value is -4.20. The third-order valence-corrected chi connectivity index (χ3v) is 5.96. The molecule has 1 aromatic heterocycles. The van der Waals surface area contributed by atoms with Crippen LogP contribution in [0.3, 0.4) is 0 Å². The van der Waals surface area contributed by atoms with Crippen LogP contribution in [0.1, 0.15) is 12.5 Å². The molecule has 8 nitrogen and oxygen atoms in total. The second-order valence-electron chi connectivity index (χ2n) is 7.99. The van der Waals surface area contributed by atoms with Gasteiger partial charge in [0.15, 0.2) is 0 Å². The van der Waals surface area contributed by atoms with Gasteiger partial charge >= 0.3 is 0 Å². The van der Waals surface area contributed by atoms with Gasteiger partial charge in [-0.25, -0.2) is 14.9 Å². The molecule has 2 amide bonds. The van der Waals surface area contributed by atoms with E-state index in [1.807, 2.05) is 42.2 Å². The van der Waals surface area contributed by atoms with Crippen molar-refractivity contribution in [3.05, 3.63) is 84.3 Å². The molecule has 0 radical (unpaired) electrons. The summed E-state index contributed by atoms with van der Waals surface area (Å²) in [4.78, 5) is 41.3. The summed E-state index contributed by atoms with van der Waals surface area (Å²) < 4.78 is 5.51. The number of piperazine rings is 1. The molecular formula is C26H25N5O3. The van der Waals surface area contributed by atoms with Crippen LogP contribution in [-0.4, -0.2) is 59.5 Å². The highest BCUT2D eigenvalue weighted by Gasteiger charge is 2.43. The van der Waals surface area contributed by atoms with E-state index in [1.165, 1.54) is 4.90 Å². The number of anilines is 2. The van der Waals surface area contributed by atoms with Crippen molar-refractivity contribution >= 4 is 29.0 Å². The lowest BCUT2D eigenvalue weighted by Crippen LogP contribution is -2.48. The predicted octanol–water partition coefficient (Wildman–Crippen LogP) is 2.98. The molecule has 0 aliphatic carbocycles. The summed E-state index contributed by atoms with van der Waals surface area (Å²) in [5, 5.41) is 0. The second-order valence-corrected chi connectivity index (χ2v) is 7.99. The molecule has 0 bridgehead atoms. The van der Waals surface area contributed by atoms with Crippen LogP contribution in [-0.2, 0) is 9.59 Å². The SMILES string of the molecule is CCOc1ccc(N2C(=O)C(c3ccccc3)=C(N3CCN(c4ncccn4)CC3)C2=O)cc1. The molecule has 2 aromatic carbocycles. The molecule has 2 aliphatic rings. The number of hydrogen-bond acceptors (Lipinski definition) is 7. The molecule has 34 heavy (non-hydrogen) atoms. The van der Waals surface area contributed by atoms with Crippen LogP contribution in [0.15, 0.2) is 78.8 Å². The molecule has 1 saturated heterocycles. The van der Waals surface area contributed by atoms with E-state index < -0.39 is 0 Å². The lowest BCUT2D eigenvalue weighted by molar-refractivity contribution is -0.120. The fraction of sp³-hybridized carbons (Fsp3) is 0.231. The van der Waals surface area contributed by atoms with Gasteiger partial charge in [-0.15, -0.1) is 0 Å². The Labute approximate surface area is 198 Å². The first-order chi connectivity index (χ1) is 16.7. The zero-order chi connectivity index (χ0) is 23.5. The van der Waals surface area contributed by atoms with Crippen LogP contribution in [0.25, 0.3) is 5.57 Å². The summed E-state index contributed by atoms with van der Waals surface area (Å²) in [7, 11) is 0. The number of amides is 2. The molecule has 0 N–H and O–H groups in total. The van der Waals surface area contributed by atoms with E-state index in [1.54, 1.807) is 42.7 Å². The molecule has 1 fully saturated rings. The third kappa shape index (κ3) is 3.98. The van der Waals surface area contributed by atoms with Crippen LogP contribution >= 0.6 is 0 Å². The highest BCUT2D eigenvalue weighted by molar-refractivity contribution is 6.45. The predicted molar refractivity (Wildman–Crippen MR) is 129 cm³/mol. The van der Waals surface area contributed by atoms with Crippen molar-refractivity contribution in [1.82, 2.24) is 14.9 Å². The van der Waals surface area contributed by atoms with Crippen LogP contribution in [0.2, 0.25) is 0 Å². The van der Waals surface area contributed by atoms with Gasteiger partial charge < -0.3 is 14.5 Å². The fourth-order valence-corrected chi connectivity index (χ4v) is 4.35. The van der Waals surface area contributed by atoms with E-state index in [2.05, 4.69) is 14.9 Å². The summed E-state index contributed by atoms with van der Waals surface area (Å²) >= 11 is 0. The monoisotopic (exact) mass is 455 g/mol. The van der Waals surface area contributed by atoms with Gasteiger partial charge in [-0.05, 0) is 42.8 Å². The average Bonchev–Trinajstić information content (AvgIpc) is 3.15. The van der Waals surface area contributed by atoms with Gasteiger partial charge in [0.25, 0.3) is 11.8 Å². The van der Waals surface area contributed by atoms with E-state index in [-0.39, 0.29) is 11.8 Å². The maximum absolute atomic E-state index is 13.7. The van der Waals surface area contributed by atoms with Crippen molar-refractivity contribution in [3.8, 4) is 5.75 Å². The number of benzene rings is 2. The number of ether oxygens (including phenoxy) is 1. The van der Waals surface area contributed by atoms with Crippen molar-refractivity contribution in [2.45, 2.75) is 6.92 Å². The maximum Gasteiger partial charge on any atom is 0.282 e. The zero-order valence-corrected chi connectivity index (χ0v) is 18.9. The highest BCUT2D eigenvalue weighted by Crippen LogP contribution is 2.35. The summed E-state index contributed by atoms with van der Waals surface area (Å²) in [6.07, 6.45) is 3.44. The van der Waals surface area contributed by atoms with Gasteiger partial charge in [-0.2, -0.15) is 0 Å². The number of carbonyl (C=O) groups is 2. The van der Waals surface area contributed by atoms with Crippen molar-refractivity contribution < 1.29 is 14.3 Å². The van der Waals surface area contributed by atoms with Crippen LogP contribution in [0.5, 0.6) is 5.75 Å². The van der Waals surface area contributed by atoms with Gasteiger partial charge in [0, 0.05) is 38.6 Å². The molecule has 0 atom stereocenters. The van der Waals surface area contributed by atoms with Gasteiger partial charge in [0.1, 0.15) is 11.4 Å². The third-order valence-electron chi connectivity index (χ3n) is 5.96. The average molecular weight is 456 g/mol. The Bertz CT molecular complexity index is 1200. The van der Waals surface area contributed by atoms with E-state index in [0.717, 1.165) is 5.56 Å². The van der Waals surface area contributed by atoms with E-state index in [9.17, 15) is 9.59 Å². The van der Waals surface area contributed by atoms with Gasteiger partial charge in [-0.1, -0.05) is 30.3 Å². The Morgan fingerprint density at radius 3 is 2.09 bits per heavy atom. The normalized spacial score (nSPS) is 16.4. The Balaban J connectivity index is 1.46. The largest absolute Gasteiger partial charge is 0.494 e. The molecule has 0 saturated carbocycles. The lowest BCUT2D eigenvalue weighted by atomic mass is 10.0. The van der Waals surface area contributed by atoms with Crippen molar-refractivity contribution in [2.75, 3.05) is 42.6 Å².